The molecule has 0 aromatic carbocycles. The van der Waals surface area contributed by atoms with E-state index in [2.05, 4.69) is 15.4 Å². The van der Waals surface area contributed by atoms with E-state index in [1.807, 2.05) is 13.8 Å². The molecule has 1 atom stereocenters. The second-order valence-corrected chi connectivity index (χ2v) is 5.41. The molecule has 122 valence electrons. The van der Waals surface area contributed by atoms with Gasteiger partial charge in [0.05, 0.1) is 13.5 Å². The predicted octanol–water partition coefficient (Wildman–Crippen LogP) is 0.365. The Morgan fingerprint density at radius 3 is 2.33 bits per heavy atom. The lowest BCUT2D eigenvalue weighted by molar-refractivity contribution is -0.147. The molecule has 0 aliphatic heterocycles. The summed E-state index contributed by atoms with van der Waals surface area (Å²) in [5, 5.41) is 13.8. The first-order chi connectivity index (χ1) is 9.71. The van der Waals surface area contributed by atoms with Gasteiger partial charge < -0.3 is 25.2 Å². The summed E-state index contributed by atoms with van der Waals surface area (Å²) in [5.41, 5.74) is -0.186. The summed E-state index contributed by atoms with van der Waals surface area (Å²) in [5.74, 6) is -2.00. The fraction of sp³-hybridized carbons (Fsp3) is 0.769. The lowest BCUT2D eigenvalue weighted by Crippen LogP contribution is -2.49. The minimum Gasteiger partial charge on any atom is -0.480 e. The van der Waals surface area contributed by atoms with Gasteiger partial charge in [-0.2, -0.15) is 0 Å². The lowest BCUT2D eigenvalue weighted by Gasteiger charge is -2.25. The number of hydrogen-bond donors (Lipinski definition) is 3. The van der Waals surface area contributed by atoms with E-state index in [1.54, 1.807) is 7.11 Å². The second kappa shape index (κ2) is 9.17. The SMILES string of the molecule is COCCC(C)(C)CNC(=O)N[C@@H](CC(=O)OC)C(=O)O. The molecule has 3 N–H and O–H groups in total. The summed E-state index contributed by atoms with van der Waals surface area (Å²) in [4.78, 5) is 33.7. The van der Waals surface area contributed by atoms with E-state index < -0.39 is 30.4 Å². The molecule has 21 heavy (non-hydrogen) atoms. The number of urea groups is 1. The van der Waals surface area contributed by atoms with Crippen LogP contribution in [0.2, 0.25) is 0 Å². The number of carboxylic acids is 1. The van der Waals surface area contributed by atoms with Crippen LogP contribution in [-0.2, 0) is 19.1 Å². The van der Waals surface area contributed by atoms with Crippen molar-refractivity contribution in [2.75, 3.05) is 27.4 Å². The van der Waals surface area contributed by atoms with Gasteiger partial charge in [-0.25, -0.2) is 9.59 Å². The highest BCUT2D eigenvalue weighted by atomic mass is 16.5. The van der Waals surface area contributed by atoms with Crippen molar-refractivity contribution in [3.8, 4) is 0 Å². The highest BCUT2D eigenvalue weighted by Crippen LogP contribution is 2.18. The average Bonchev–Trinajstić information content (AvgIpc) is 2.42. The molecule has 0 aromatic rings. The van der Waals surface area contributed by atoms with Crippen LogP contribution >= 0.6 is 0 Å². The summed E-state index contributed by atoms with van der Waals surface area (Å²) in [6.45, 7) is 4.83. The number of ether oxygens (including phenoxy) is 2. The predicted molar refractivity (Wildman–Crippen MR) is 74.9 cm³/mol. The first kappa shape index (κ1) is 19.2. The lowest BCUT2D eigenvalue weighted by atomic mass is 9.90. The summed E-state index contributed by atoms with van der Waals surface area (Å²) in [7, 11) is 2.75. The van der Waals surface area contributed by atoms with Crippen LogP contribution in [-0.4, -0.2) is 56.5 Å². The van der Waals surface area contributed by atoms with E-state index in [4.69, 9.17) is 9.84 Å². The average molecular weight is 304 g/mol. The first-order valence-electron chi connectivity index (χ1n) is 6.55. The molecule has 0 radical (unpaired) electrons. The molecule has 0 saturated heterocycles. The van der Waals surface area contributed by atoms with E-state index in [0.717, 1.165) is 13.5 Å². The molecule has 0 spiro atoms. The number of rotatable bonds is 9. The Kier molecular flexibility index (Phi) is 8.37. The van der Waals surface area contributed by atoms with Gasteiger partial charge in [0.2, 0.25) is 0 Å². The molecule has 2 amide bonds. The topological polar surface area (TPSA) is 114 Å². The van der Waals surface area contributed by atoms with Crippen molar-refractivity contribution in [3.05, 3.63) is 0 Å². The Hall–Kier alpha value is -1.83. The largest absolute Gasteiger partial charge is 0.480 e. The molecule has 8 nitrogen and oxygen atoms in total. The first-order valence-corrected chi connectivity index (χ1v) is 6.55. The summed E-state index contributed by atoms with van der Waals surface area (Å²) in [6, 6.07) is -1.96. The van der Waals surface area contributed by atoms with Crippen molar-refractivity contribution in [2.45, 2.75) is 32.7 Å². The molecule has 0 fully saturated rings. The second-order valence-electron chi connectivity index (χ2n) is 5.41. The van der Waals surface area contributed by atoms with Crippen LogP contribution in [0.25, 0.3) is 0 Å². The zero-order chi connectivity index (χ0) is 16.5. The Balaban J connectivity index is 4.32. The number of amides is 2. The molecule has 0 aliphatic rings. The van der Waals surface area contributed by atoms with Gasteiger partial charge >= 0.3 is 18.0 Å². The third-order valence-corrected chi connectivity index (χ3v) is 2.91. The van der Waals surface area contributed by atoms with Gasteiger partial charge in [0, 0.05) is 20.3 Å². The van der Waals surface area contributed by atoms with Crippen LogP contribution in [0, 0.1) is 5.41 Å². The molecular formula is C13H24N2O6. The standard InChI is InChI=1S/C13H24N2O6/c1-13(2,5-6-20-3)8-14-12(19)15-9(11(17)18)7-10(16)21-4/h9H,5-8H2,1-4H3,(H,17,18)(H2,14,15,19)/t9-/m0/s1. The zero-order valence-electron chi connectivity index (χ0n) is 12.9. The van der Waals surface area contributed by atoms with Crippen molar-refractivity contribution in [2.24, 2.45) is 5.41 Å². The number of carbonyl (C=O) groups is 3. The fourth-order valence-electron chi connectivity index (χ4n) is 1.45. The molecule has 0 rings (SSSR count). The Morgan fingerprint density at radius 1 is 1.24 bits per heavy atom. The zero-order valence-corrected chi connectivity index (χ0v) is 12.9. The molecule has 0 unspecified atom stereocenters. The van der Waals surface area contributed by atoms with Gasteiger partial charge in [-0.1, -0.05) is 13.8 Å². The van der Waals surface area contributed by atoms with Crippen LogP contribution in [0.15, 0.2) is 0 Å². The van der Waals surface area contributed by atoms with E-state index in [1.165, 1.54) is 0 Å². The van der Waals surface area contributed by atoms with Gasteiger partial charge in [0.25, 0.3) is 0 Å². The molecule has 0 heterocycles. The van der Waals surface area contributed by atoms with Gasteiger partial charge in [0.1, 0.15) is 6.04 Å². The Labute approximate surface area is 124 Å². The number of carboxylic acid groups (broad SMARTS) is 1. The van der Waals surface area contributed by atoms with Gasteiger partial charge in [0.15, 0.2) is 0 Å². The summed E-state index contributed by atoms with van der Waals surface area (Å²) in [6.07, 6.45) is 0.320. The van der Waals surface area contributed by atoms with Crippen molar-refractivity contribution >= 4 is 18.0 Å². The highest BCUT2D eigenvalue weighted by molar-refractivity contribution is 5.86. The fourth-order valence-corrected chi connectivity index (χ4v) is 1.45. The number of carbonyl (C=O) groups excluding carboxylic acids is 2. The van der Waals surface area contributed by atoms with Crippen LogP contribution in [0.3, 0.4) is 0 Å². The third kappa shape index (κ3) is 8.85. The van der Waals surface area contributed by atoms with E-state index in [-0.39, 0.29) is 5.41 Å². The van der Waals surface area contributed by atoms with E-state index in [9.17, 15) is 14.4 Å². The molecule has 8 heteroatoms. The van der Waals surface area contributed by atoms with Crippen molar-refractivity contribution in [1.82, 2.24) is 10.6 Å². The molecule has 0 aliphatic carbocycles. The Bertz CT molecular complexity index is 370. The molecule has 0 bridgehead atoms. The number of esters is 1. The number of hydrogen-bond acceptors (Lipinski definition) is 5. The normalized spacial score (nSPS) is 12.4. The van der Waals surface area contributed by atoms with Crippen molar-refractivity contribution in [1.29, 1.82) is 0 Å². The maximum absolute atomic E-state index is 11.7. The van der Waals surface area contributed by atoms with Gasteiger partial charge in [-0.3, -0.25) is 4.79 Å². The van der Waals surface area contributed by atoms with Crippen LogP contribution in [0.5, 0.6) is 0 Å². The highest BCUT2D eigenvalue weighted by Gasteiger charge is 2.25. The summed E-state index contributed by atoms with van der Waals surface area (Å²) < 4.78 is 9.36. The minimum absolute atomic E-state index is 0.186. The molecular weight excluding hydrogens is 280 g/mol. The van der Waals surface area contributed by atoms with Crippen molar-refractivity contribution < 1.29 is 29.0 Å². The van der Waals surface area contributed by atoms with Crippen LogP contribution < -0.4 is 10.6 Å². The van der Waals surface area contributed by atoms with Crippen LogP contribution in [0.1, 0.15) is 26.7 Å². The molecule has 0 aromatic heterocycles. The maximum atomic E-state index is 11.7. The van der Waals surface area contributed by atoms with E-state index >= 15 is 0 Å². The van der Waals surface area contributed by atoms with E-state index in [0.29, 0.717) is 13.2 Å². The number of aliphatic carboxylic acids is 1. The third-order valence-electron chi connectivity index (χ3n) is 2.91. The maximum Gasteiger partial charge on any atom is 0.326 e. The van der Waals surface area contributed by atoms with Crippen molar-refractivity contribution in [3.63, 3.8) is 0 Å². The smallest absolute Gasteiger partial charge is 0.326 e. The molecule has 0 saturated carbocycles. The van der Waals surface area contributed by atoms with Gasteiger partial charge in [-0.15, -0.1) is 0 Å². The van der Waals surface area contributed by atoms with Crippen LogP contribution in [0.4, 0.5) is 4.79 Å². The quantitative estimate of drug-likeness (QED) is 0.530. The number of nitrogens with one attached hydrogen (secondary N) is 2. The Morgan fingerprint density at radius 2 is 1.86 bits per heavy atom. The number of methoxy groups -OCH3 is 2. The summed E-state index contributed by atoms with van der Waals surface area (Å²) >= 11 is 0. The van der Waals surface area contributed by atoms with Gasteiger partial charge in [-0.05, 0) is 11.8 Å². The minimum atomic E-state index is -1.32. The monoisotopic (exact) mass is 304 g/mol.